The molecule has 2 rings (SSSR count). The van der Waals surface area contributed by atoms with Crippen LogP contribution in [-0.2, 0) is 0 Å². The lowest BCUT2D eigenvalue weighted by atomic mass is 10.1. The fourth-order valence-corrected chi connectivity index (χ4v) is 2.20. The number of aromatic nitrogens is 1. The number of anilines is 1. The van der Waals surface area contributed by atoms with Crippen LogP contribution in [-0.4, -0.2) is 5.16 Å². The molecule has 0 saturated carbocycles. The molecule has 1 aromatic heterocycles. The summed E-state index contributed by atoms with van der Waals surface area (Å²) in [6, 6.07) is 6.04. The van der Waals surface area contributed by atoms with Crippen LogP contribution >= 0.6 is 38.5 Å². The fourth-order valence-electron chi connectivity index (χ4n) is 1.28. The molecule has 3 nitrogen and oxygen atoms in total. The van der Waals surface area contributed by atoms with Gasteiger partial charge in [0.05, 0.1) is 0 Å². The SMILES string of the molecule is Cc1c(-c2cc(I)ccc2Br)noc1N. The number of halogens is 2. The van der Waals surface area contributed by atoms with E-state index in [1.165, 1.54) is 0 Å². The molecular weight excluding hydrogens is 371 g/mol. The van der Waals surface area contributed by atoms with Crippen LogP contribution in [0.5, 0.6) is 0 Å². The Bertz CT molecular complexity index is 510. The van der Waals surface area contributed by atoms with E-state index in [4.69, 9.17) is 10.3 Å². The lowest BCUT2D eigenvalue weighted by Gasteiger charge is -2.02. The first-order chi connectivity index (χ1) is 7.09. The van der Waals surface area contributed by atoms with Gasteiger partial charge >= 0.3 is 0 Å². The zero-order valence-corrected chi connectivity index (χ0v) is 11.7. The summed E-state index contributed by atoms with van der Waals surface area (Å²) in [5, 5.41) is 3.95. The van der Waals surface area contributed by atoms with Crippen LogP contribution < -0.4 is 5.73 Å². The number of benzene rings is 1. The largest absolute Gasteiger partial charge is 0.367 e. The highest BCUT2D eigenvalue weighted by Crippen LogP contribution is 2.32. The smallest absolute Gasteiger partial charge is 0.225 e. The van der Waals surface area contributed by atoms with Crippen LogP contribution in [0.25, 0.3) is 11.3 Å². The Morgan fingerprint density at radius 2 is 2.20 bits per heavy atom. The highest BCUT2D eigenvalue weighted by Gasteiger charge is 2.13. The van der Waals surface area contributed by atoms with Gasteiger partial charge in [-0.25, -0.2) is 0 Å². The number of nitrogens with two attached hydrogens (primary N) is 1. The van der Waals surface area contributed by atoms with Crippen molar-refractivity contribution in [1.29, 1.82) is 0 Å². The van der Waals surface area contributed by atoms with Gasteiger partial charge in [-0.1, -0.05) is 21.1 Å². The third kappa shape index (κ3) is 2.03. The number of hydrogen-bond acceptors (Lipinski definition) is 3. The molecule has 0 unspecified atom stereocenters. The first-order valence-electron chi connectivity index (χ1n) is 4.26. The zero-order valence-electron chi connectivity index (χ0n) is 7.92. The van der Waals surface area contributed by atoms with Gasteiger partial charge in [0.15, 0.2) is 0 Å². The molecule has 5 heteroatoms. The summed E-state index contributed by atoms with van der Waals surface area (Å²) in [7, 11) is 0. The number of rotatable bonds is 1. The van der Waals surface area contributed by atoms with E-state index in [0.29, 0.717) is 5.88 Å². The zero-order chi connectivity index (χ0) is 11.0. The molecule has 2 aromatic rings. The molecule has 0 atom stereocenters. The molecule has 0 spiro atoms. The van der Waals surface area contributed by atoms with Crippen LogP contribution in [0.15, 0.2) is 27.2 Å². The molecule has 2 N–H and O–H groups in total. The van der Waals surface area contributed by atoms with Gasteiger partial charge in [-0.3, -0.25) is 0 Å². The predicted molar refractivity (Wildman–Crippen MR) is 71.5 cm³/mol. The van der Waals surface area contributed by atoms with Gasteiger partial charge in [0.2, 0.25) is 5.88 Å². The Morgan fingerprint density at radius 1 is 1.47 bits per heavy atom. The lowest BCUT2D eigenvalue weighted by molar-refractivity contribution is 0.439. The van der Waals surface area contributed by atoms with Crippen molar-refractivity contribution >= 4 is 44.4 Å². The normalized spacial score (nSPS) is 10.6. The number of nitrogen functional groups attached to an aromatic ring is 1. The molecule has 0 aliphatic heterocycles. The van der Waals surface area contributed by atoms with Crippen molar-refractivity contribution in [2.75, 3.05) is 5.73 Å². The summed E-state index contributed by atoms with van der Waals surface area (Å²) in [5.74, 6) is 0.371. The molecule has 1 heterocycles. The van der Waals surface area contributed by atoms with Crippen molar-refractivity contribution in [2.45, 2.75) is 6.92 Å². The van der Waals surface area contributed by atoms with E-state index in [-0.39, 0.29) is 0 Å². The molecule has 0 bridgehead atoms. The molecule has 0 fully saturated rings. The minimum Gasteiger partial charge on any atom is -0.367 e. The number of hydrogen-bond donors (Lipinski definition) is 1. The predicted octanol–water partition coefficient (Wildman–Crippen LogP) is 3.60. The first-order valence-corrected chi connectivity index (χ1v) is 6.14. The minimum atomic E-state index is 0.371. The van der Waals surface area contributed by atoms with Gasteiger partial charge in [-0.2, -0.15) is 0 Å². The van der Waals surface area contributed by atoms with Gasteiger partial charge in [0.25, 0.3) is 0 Å². The Labute approximate surface area is 109 Å². The quantitative estimate of drug-likeness (QED) is 0.771. The van der Waals surface area contributed by atoms with Gasteiger partial charge in [0.1, 0.15) is 5.69 Å². The van der Waals surface area contributed by atoms with Crippen LogP contribution in [0, 0.1) is 10.5 Å². The fraction of sp³-hybridized carbons (Fsp3) is 0.100. The van der Waals surface area contributed by atoms with Crippen molar-refractivity contribution in [3.8, 4) is 11.3 Å². The van der Waals surface area contributed by atoms with Crippen LogP contribution in [0.3, 0.4) is 0 Å². The van der Waals surface area contributed by atoms with Crippen LogP contribution in [0.1, 0.15) is 5.56 Å². The molecule has 0 saturated heterocycles. The minimum absolute atomic E-state index is 0.371. The van der Waals surface area contributed by atoms with Gasteiger partial charge in [-0.15, -0.1) is 0 Å². The summed E-state index contributed by atoms with van der Waals surface area (Å²) >= 11 is 5.74. The molecule has 1 aromatic carbocycles. The van der Waals surface area contributed by atoms with E-state index in [1.54, 1.807) is 0 Å². The van der Waals surface area contributed by atoms with Gasteiger partial charge in [0, 0.05) is 19.2 Å². The Morgan fingerprint density at radius 3 is 2.80 bits per heavy atom. The Balaban J connectivity index is 2.63. The van der Waals surface area contributed by atoms with E-state index < -0.39 is 0 Å². The maximum Gasteiger partial charge on any atom is 0.225 e. The first kappa shape index (κ1) is 10.9. The van der Waals surface area contributed by atoms with E-state index in [9.17, 15) is 0 Å². The Hall–Kier alpha value is -0.560. The highest BCUT2D eigenvalue weighted by atomic mass is 127. The summed E-state index contributed by atoms with van der Waals surface area (Å²) in [4.78, 5) is 0. The Kier molecular flexibility index (Phi) is 3.01. The maximum absolute atomic E-state index is 5.62. The second-order valence-electron chi connectivity index (χ2n) is 3.14. The average Bonchev–Trinajstić information content (AvgIpc) is 2.52. The standard InChI is InChI=1S/C10H8BrIN2O/c1-5-9(14-15-10(5)13)7-4-6(12)2-3-8(7)11/h2-4H,13H2,1H3. The van der Waals surface area contributed by atoms with E-state index in [1.807, 2.05) is 25.1 Å². The monoisotopic (exact) mass is 378 g/mol. The van der Waals surface area contributed by atoms with Gasteiger partial charge in [-0.05, 0) is 47.7 Å². The lowest BCUT2D eigenvalue weighted by Crippen LogP contribution is -1.86. The van der Waals surface area contributed by atoms with Crippen molar-refractivity contribution in [3.63, 3.8) is 0 Å². The maximum atomic E-state index is 5.62. The molecule has 0 amide bonds. The molecule has 0 radical (unpaired) electrons. The molecule has 15 heavy (non-hydrogen) atoms. The second-order valence-corrected chi connectivity index (χ2v) is 5.24. The van der Waals surface area contributed by atoms with Crippen molar-refractivity contribution in [3.05, 3.63) is 31.8 Å². The van der Waals surface area contributed by atoms with Crippen LogP contribution in [0.4, 0.5) is 5.88 Å². The summed E-state index contributed by atoms with van der Waals surface area (Å²) in [5.41, 5.74) is 8.28. The summed E-state index contributed by atoms with van der Waals surface area (Å²) < 4.78 is 7.08. The molecule has 78 valence electrons. The molecular formula is C10H8BrIN2O. The van der Waals surface area contributed by atoms with Gasteiger partial charge < -0.3 is 10.3 Å². The van der Waals surface area contributed by atoms with E-state index in [0.717, 1.165) is 24.9 Å². The summed E-state index contributed by atoms with van der Waals surface area (Å²) in [6.07, 6.45) is 0. The number of nitrogens with zero attached hydrogens (tertiary/aromatic N) is 1. The van der Waals surface area contributed by atoms with Crippen LogP contribution in [0.2, 0.25) is 0 Å². The average molecular weight is 379 g/mol. The van der Waals surface area contributed by atoms with Crippen molar-refractivity contribution < 1.29 is 4.52 Å². The van der Waals surface area contributed by atoms with Crippen molar-refractivity contribution in [1.82, 2.24) is 5.16 Å². The topological polar surface area (TPSA) is 52.0 Å². The van der Waals surface area contributed by atoms with E-state index >= 15 is 0 Å². The summed E-state index contributed by atoms with van der Waals surface area (Å²) in [6.45, 7) is 1.90. The third-order valence-corrected chi connectivity index (χ3v) is 3.51. The molecule has 0 aliphatic rings. The van der Waals surface area contributed by atoms with Crippen molar-refractivity contribution in [2.24, 2.45) is 0 Å². The second kappa shape index (κ2) is 4.13. The van der Waals surface area contributed by atoms with E-state index in [2.05, 4.69) is 43.7 Å². The third-order valence-electron chi connectivity index (χ3n) is 2.14. The molecule has 0 aliphatic carbocycles. The highest BCUT2D eigenvalue weighted by molar-refractivity contribution is 14.1.